The van der Waals surface area contributed by atoms with Crippen LogP contribution in [0.5, 0.6) is 5.75 Å². The van der Waals surface area contributed by atoms with Crippen LogP contribution in [0.15, 0.2) is 66.5 Å². The van der Waals surface area contributed by atoms with Gasteiger partial charge in [0, 0.05) is 36.7 Å². The minimum absolute atomic E-state index is 0.138. The molecule has 1 fully saturated rings. The van der Waals surface area contributed by atoms with Crippen molar-refractivity contribution in [3.8, 4) is 5.75 Å². The minimum Gasteiger partial charge on any atom is -0.489 e. The van der Waals surface area contributed by atoms with Gasteiger partial charge in [0.2, 0.25) is 0 Å². The number of nitrogens with one attached hydrogen (secondary N) is 1. The van der Waals surface area contributed by atoms with Crippen LogP contribution in [0.1, 0.15) is 29.7 Å². The van der Waals surface area contributed by atoms with Crippen molar-refractivity contribution in [2.45, 2.75) is 26.4 Å². The lowest BCUT2D eigenvalue weighted by Gasteiger charge is -2.28. The predicted molar refractivity (Wildman–Crippen MR) is 120 cm³/mol. The topological polar surface area (TPSA) is 80.2 Å². The van der Waals surface area contributed by atoms with E-state index in [1.807, 2.05) is 42.2 Å². The van der Waals surface area contributed by atoms with Crippen molar-refractivity contribution in [3.05, 3.63) is 83.3 Å². The van der Waals surface area contributed by atoms with Gasteiger partial charge in [-0.3, -0.25) is 10.3 Å². The highest BCUT2D eigenvalue weighted by Gasteiger charge is 2.19. The molecule has 0 saturated carbocycles. The summed E-state index contributed by atoms with van der Waals surface area (Å²) in [5.41, 5.74) is 4.49. The lowest BCUT2D eigenvalue weighted by molar-refractivity contribution is 0.207. The van der Waals surface area contributed by atoms with Crippen molar-refractivity contribution in [3.63, 3.8) is 0 Å². The fraction of sp³-hybridized carbons (Fsp3) is 0.250. The monoisotopic (exact) mass is 415 g/mol. The summed E-state index contributed by atoms with van der Waals surface area (Å²) in [6.07, 6.45) is 7.24. The smallest absolute Gasteiger partial charge is 0.323 e. The van der Waals surface area contributed by atoms with E-state index in [0.29, 0.717) is 25.5 Å². The van der Waals surface area contributed by atoms with Crippen LogP contribution in [-0.4, -0.2) is 39.2 Å². The van der Waals surface area contributed by atoms with Gasteiger partial charge in [0.1, 0.15) is 12.4 Å². The average molecular weight is 415 g/mol. The number of aromatic nitrogens is 3. The normalized spacial score (nSPS) is 13.6. The molecule has 0 radical (unpaired) electrons. The molecule has 7 heteroatoms. The first-order valence-electron chi connectivity index (χ1n) is 10.3. The second-order valence-corrected chi connectivity index (χ2v) is 7.44. The van der Waals surface area contributed by atoms with Crippen molar-refractivity contribution >= 4 is 17.9 Å². The van der Waals surface area contributed by atoms with Crippen LogP contribution >= 0.6 is 0 Å². The molecule has 1 aliphatic rings. The maximum atomic E-state index is 12.4. The van der Waals surface area contributed by atoms with Crippen molar-refractivity contribution in [1.29, 1.82) is 0 Å². The molecule has 7 nitrogen and oxygen atoms in total. The fourth-order valence-electron chi connectivity index (χ4n) is 3.46. The van der Waals surface area contributed by atoms with E-state index in [1.165, 1.54) is 5.57 Å². The highest BCUT2D eigenvalue weighted by atomic mass is 16.5. The molecule has 3 heterocycles. The SMILES string of the molecule is Cc1ncccc1COc1cccc(C=C2CCN(C(=O)Nc3cccnn3)CC2)c1. The third kappa shape index (κ3) is 5.66. The summed E-state index contributed by atoms with van der Waals surface area (Å²) in [7, 11) is 0. The lowest BCUT2D eigenvalue weighted by Crippen LogP contribution is -2.39. The summed E-state index contributed by atoms with van der Waals surface area (Å²) in [6.45, 7) is 3.83. The van der Waals surface area contributed by atoms with E-state index in [-0.39, 0.29) is 6.03 Å². The number of hydrogen-bond acceptors (Lipinski definition) is 5. The molecule has 0 unspecified atom stereocenters. The van der Waals surface area contributed by atoms with Gasteiger partial charge in [0.25, 0.3) is 0 Å². The number of nitrogens with zero attached hydrogens (tertiary/aromatic N) is 4. The largest absolute Gasteiger partial charge is 0.489 e. The minimum atomic E-state index is -0.138. The Hall–Kier alpha value is -3.74. The molecule has 4 rings (SSSR count). The average Bonchev–Trinajstić information content (AvgIpc) is 2.80. The quantitative estimate of drug-likeness (QED) is 0.665. The van der Waals surface area contributed by atoms with Gasteiger partial charge >= 0.3 is 6.03 Å². The van der Waals surface area contributed by atoms with Gasteiger partial charge in [-0.05, 0) is 55.7 Å². The number of ether oxygens (including phenoxy) is 1. The van der Waals surface area contributed by atoms with Crippen molar-refractivity contribution in [2.75, 3.05) is 18.4 Å². The number of benzene rings is 1. The molecule has 1 aromatic carbocycles. The van der Waals surface area contributed by atoms with Gasteiger partial charge in [0.15, 0.2) is 5.82 Å². The Morgan fingerprint density at radius 1 is 1.13 bits per heavy atom. The molecular formula is C24H25N5O2. The standard InChI is InChI=1S/C24H25N5O2/c1-18-21(6-3-11-25-18)17-31-22-7-2-5-20(16-22)15-19-9-13-29(14-10-19)24(30)27-23-8-4-12-26-28-23/h2-8,11-12,15-16H,9-10,13-14,17H2,1H3,(H,27,28,30). The van der Waals surface area contributed by atoms with Gasteiger partial charge in [-0.2, -0.15) is 5.10 Å². The van der Waals surface area contributed by atoms with Gasteiger partial charge in [0.05, 0.1) is 0 Å². The molecular weight excluding hydrogens is 390 g/mol. The van der Waals surface area contributed by atoms with Crippen LogP contribution in [0.4, 0.5) is 10.6 Å². The number of piperidine rings is 1. The number of urea groups is 1. The maximum Gasteiger partial charge on any atom is 0.323 e. The third-order valence-corrected chi connectivity index (χ3v) is 5.24. The van der Waals surface area contributed by atoms with Gasteiger partial charge < -0.3 is 9.64 Å². The molecule has 2 aromatic heterocycles. The molecule has 0 bridgehead atoms. The predicted octanol–water partition coefficient (Wildman–Crippen LogP) is 4.47. The van der Waals surface area contributed by atoms with Crippen molar-refractivity contribution < 1.29 is 9.53 Å². The summed E-state index contributed by atoms with van der Waals surface area (Å²) in [4.78, 5) is 18.5. The summed E-state index contributed by atoms with van der Waals surface area (Å²) in [5, 5.41) is 10.5. The van der Waals surface area contributed by atoms with E-state index in [1.54, 1.807) is 24.5 Å². The Morgan fingerprint density at radius 2 is 1.97 bits per heavy atom. The molecule has 2 amide bonds. The van der Waals surface area contributed by atoms with Crippen LogP contribution < -0.4 is 10.1 Å². The number of carbonyl (C=O) groups is 1. The molecule has 1 N–H and O–H groups in total. The summed E-state index contributed by atoms with van der Waals surface area (Å²) in [6, 6.07) is 15.4. The van der Waals surface area contributed by atoms with Crippen LogP contribution in [0.25, 0.3) is 6.08 Å². The first-order chi connectivity index (χ1) is 15.2. The first-order valence-corrected chi connectivity index (χ1v) is 10.3. The Labute approximate surface area is 181 Å². The molecule has 1 saturated heterocycles. The maximum absolute atomic E-state index is 12.4. The van der Waals surface area contributed by atoms with Gasteiger partial charge in [-0.1, -0.05) is 29.8 Å². The van der Waals surface area contributed by atoms with E-state index in [9.17, 15) is 4.79 Å². The molecule has 0 atom stereocenters. The van der Waals surface area contributed by atoms with E-state index in [2.05, 4.69) is 32.6 Å². The highest BCUT2D eigenvalue weighted by Crippen LogP contribution is 2.23. The Morgan fingerprint density at radius 3 is 2.74 bits per heavy atom. The van der Waals surface area contributed by atoms with Gasteiger partial charge in [-0.15, -0.1) is 5.10 Å². The number of likely N-dealkylation sites (tertiary alicyclic amines) is 1. The Bertz CT molecular complexity index is 1060. The lowest BCUT2D eigenvalue weighted by atomic mass is 10.0. The summed E-state index contributed by atoms with van der Waals surface area (Å²) < 4.78 is 5.97. The number of rotatable bonds is 5. The van der Waals surface area contributed by atoms with E-state index < -0.39 is 0 Å². The molecule has 0 aliphatic carbocycles. The second kappa shape index (κ2) is 9.84. The molecule has 31 heavy (non-hydrogen) atoms. The number of anilines is 1. The molecule has 158 valence electrons. The number of carbonyl (C=O) groups excluding carboxylic acids is 1. The van der Waals surface area contributed by atoms with Crippen molar-refractivity contribution in [1.82, 2.24) is 20.1 Å². The van der Waals surface area contributed by atoms with Crippen LogP contribution in [0, 0.1) is 6.92 Å². The van der Waals surface area contributed by atoms with E-state index in [0.717, 1.165) is 35.4 Å². The van der Waals surface area contributed by atoms with Crippen LogP contribution in [0.3, 0.4) is 0 Å². The summed E-state index contributed by atoms with van der Waals surface area (Å²) >= 11 is 0. The number of aryl methyl sites for hydroxylation is 1. The molecule has 0 spiro atoms. The van der Waals surface area contributed by atoms with Crippen LogP contribution in [0.2, 0.25) is 0 Å². The van der Waals surface area contributed by atoms with Crippen LogP contribution in [-0.2, 0) is 6.61 Å². The highest BCUT2D eigenvalue weighted by molar-refractivity contribution is 5.88. The second-order valence-electron chi connectivity index (χ2n) is 7.44. The number of amides is 2. The van der Waals surface area contributed by atoms with E-state index in [4.69, 9.17) is 4.74 Å². The molecule has 3 aromatic rings. The Balaban J connectivity index is 1.32. The molecule has 1 aliphatic heterocycles. The zero-order valence-electron chi connectivity index (χ0n) is 17.5. The zero-order chi connectivity index (χ0) is 21.5. The zero-order valence-corrected chi connectivity index (χ0v) is 17.5. The van der Waals surface area contributed by atoms with E-state index >= 15 is 0 Å². The number of hydrogen-bond donors (Lipinski definition) is 1. The number of pyridine rings is 1. The fourth-order valence-corrected chi connectivity index (χ4v) is 3.46. The summed E-state index contributed by atoms with van der Waals surface area (Å²) in [5.74, 6) is 1.30. The Kier molecular flexibility index (Phi) is 6.52. The third-order valence-electron chi connectivity index (χ3n) is 5.24. The van der Waals surface area contributed by atoms with Crippen molar-refractivity contribution in [2.24, 2.45) is 0 Å². The van der Waals surface area contributed by atoms with Gasteiger partial charge in [-0.25, -0.2) is 4.79 Å². The first kappa shape index (κ1) is 20.5.